The summed E-state index contributed by atoms with van der Waals surface area (Å²) in [4.78, 5) is 16.7. The van der Waals surface area contributed by atoms with E-state index in [0.717, 1.165) is 37.0 Å². The van der Waals surface area contributed by atoms with Gasteiger partial charge >= 0.3 is 0 Å². The fourth-order valence-electron chi connectivity index (χ4n) is 4.53. The molecule has 1 fully saturated rings. The summed E-state index contributed by atoms with van der Waals surface area (Å²) >= 11 is 0. The van der Waals surface area contributed by atoms with Gasteiger partial charge in [-0.15, -0.1) is 12.4 Å². The fourth-order valence-corrected chi connectivity index (χ4v) is 4.53. The zero-order valence-corrected chi connectivity index (χ0v) is 17.2. The van der Waals surface area contributed by atoms with Crippen molar-refractivity contribution >= 4 is 18.3 Å². The van der Waals surface area contributed by atoms with Crippen molar-refractivity contribution in [2.24, 2.45) is 0 Å². The van der Waals surface area contributed by atoms with E-state index in [4.69, 9.17) is 9.47 Å². The fraction of sp³-hybridized carbons (Fsp3) is 0.409. The highest BCUT2D eigenvalue weighted by Gasteiger charge is 2.37. The van der Waals surface area contributed by atoms with E-state index in [-0.39, 0.29) is 48.1 Å². The third-order valence-electron chi connectivity index (χ3n) is 5.97. The Bertz CT molecular complexity index is 958. The van der Waals surface area contributed by atoms with E-state index in [0.29, 0.717) is 19.7 Å². The molecule has 0 aromatic heterocycles. The summed E-state index contributed by atoms with van der Waals surface area (Å²) in [7, 11) is 0. The maximum atomic E-state index is 14.1. The number of hydrogen-bond acceptors (Lipinski definition) is 4. The second-order valence-corrected chi connectivity index (χ2v) is 7.87. The number of carbonyl (C=O) groups excluding carboxylic acids is 1. The highest BCUT2D eigenvalue weighted by atomic mass is 35.5. The van der Waals surface area contributed by atoms with Crippen LogP contribution in [0.15, 0.2) is 36.4 Å². The van der Waals surface area contributed by atoms with Crippen LogP contribution in [0.4, 0.5) is 8.78 Å². The molecular weight excluding hydrogens is 414 g/mol. The minimum absolute atomic E-state index is 0. The van der Waals surface area contributed by atoms with Gasteiger partial charge in [0, 0.05) is 30.3 Å². The number of hydrogen-bond donors (Lipinski definition) is 0. The van der Waals surface area contributed by atoms with Crippen molar-refractivity contribution in [3.05, 3.63) is 59.2 Å². The second-order valence-electron chi connectivity index (χ2n) is 7.87. The third kappa shape index (κ3) is 3.72. The molecule has 2 atom stereocenters. The lowest BCUT2D eigenvalue weighted by atomic mass is 10.0. The van der Waals surface area contributed by atoms with Crippen LogP contribution in [0.1, 0.15) is 28.8 Å². The van der Waals surface area contributed by atoms with Gasteiger partial charge in [-0.25, -0.2) is 8.78 Å². The van der Waals surface area contributed by atoms with Crippen LogP contribution in [0.3, 0.4) is 0 Å². The minimum atomic E-state index is -0.905. The number of benzene rings is 2. The molecule has 3 heterocycles. The van der Waals surface area contributed by atoms with Gasteiger partial charge in [-0.2, -0.15) is 0 Å². The summed E-state index contributed by atoms with van der Waals surface area (Å²) in [6, 6.07) is 10.0. The zero-order valence-electron chi connectivity index (χ0n) is 16.4. The predicted molar refractivity (Wildman–Crippen MR) is 109 cm³/mol. The second kappa shape index (κ2) is 8.40. The number of para-hydroxylation sites is 2. The van der Waals surface area contributed by atoms with Crippen LogP contribution in [0.5, 0.6) is 11.5 Å². The predicted octanol–water partition coefficient (Wildman–Crippen LogP) is 3.65. The van der Waals surface area contributed by atoms with Crippen molar-refractivity contribution in [3.63, 3.8) is 0 Å². The highest BCUT2D eigenvalue weighted by molar-refractivity contribution is 5.98. The topological polar surface area (TPSA) is 42.0 Å². The lowest BCUT2D eigenvalue weighted by Gasteiger charge is -2.39. The van der Waals surface area contributed by atoms with Gasteiger partial charge in [0.2, 0.25) is 0 Å². The average molecular weight is 437 g/mol. The lowest BCUT2D eigenvalue weighted by Crippen LogP contribution is -2.51. The van der Waals surface area contributed by atoms with Crippen LogP contribution in [-0.4, -0.2) is 54.1 Å². The molecule has 2 unspecified atom stereocenters. The zero-order chi connectivity index (χ0) is 20.0. The lowest BCUT2D eigenvalue weighted by molar-refractivity contribution is 0.0306. The molecule has 0 bridgehead atoms. The van der Waals surface area contributed by atoms with Gasteiger partial charge < -0.3 is 14.4 Å². The molecule has 0 saturated carbocycles. The van der Waals surface area contributed by atoms with Gasteiger partial charge in [-0.05, 0) is 43.7 Å². The number of likely N-dealkylation sites (tertiary alicyclic amines) is 1. The Morgan fingerprint density at radius 2 is 1.90 bits per heavy atom. The van der Waals surface area contributed by atoms with E-state index >= 15 is 0 Å². The summed E-state index contributed by atoms with van der Waals surface area (Å²) in [5, 5.41) is 0. The number of rotatable bonds is 3. The van der Waals surface area contributed by atoms with E-state index in [1.165, 1.54) is 6.07 Å². The maximum absolute atomic E-state index is 14.1. The van der Waals surface area contributed by atoms with Gasteiger partial charge in [0.15, 0.2) is 23.1 Å². The smallest absolute Gasteiger partial charge is 0.254 e. The van der Waals surface area contributed by atoms with Crippen LogP contribution in [0.25, 0.3) is 0 Å². The molecule has 2 aromatic rings. The molecule has 8 heteroatoms. The molecule has 1 saturated heterocycles. The number of ether oxygens (including phenoxy) is 2. The number of amides is 1. The first kappa shape index (κ1) is 20.9. The van der Waals surface area contributed by atoms with Gasteiger partial charge in [-0.3, -0.25) is 9.69 Å². The summed E-state index contributed by atoms with van der Waals surface area (Å²) < 4.78 is 39.5. The van der Waals surface area contributed by atoms with E-state index in [9.17, 15) is 13.6 Å². The van der Waals surface area contributed by atoms with Crippen molar-refractivity contribution < 1.29 is 23.0 Å². The Labute approximate surface area is 180 Å². The normalized spacial score (nSPS) is 23.1. The third-order valence-corrected chi connectivity index (χ3v) is 5.97. The SMILES string of the molecule is Cl.O=C1c2ccc(F)c(F)c2CN1C1CCCN(CC2COc3ccccc3O2)C1. The van der Waals surface area contributed by atoms with E-state index in [1.807, 2.05) is 24.3 Å². The van der Waals surface area contributed by atoms with Crippen molar-refractivity contribution in [3.8, 4) is 11.5 Å². The van der Waals surface area contributed by atoms with E-state index in [2.05, 4.69) is 4.90 Å². The molecule has 3 aliphatic rings. The Kier molecular flexibility index (Phi) is 5.84. The first-order valence-corrected chi connectivity index (χ1v) is 9.99. The Hall–Kier alpha value is -2.38. The number of fused-ring (bicyclic) bond motifs is 2. The molecule has 1 amide bonds. The number of piperidine rings is 1. The van der Waals surface area contributed by atoms with Gasteiger partial charge in [0.05, 0.1) is 6.54 Å². The molecule has 0 aliphatic carbocycles. The van der Waals surface area contributed by atoms with Crippen molar-refractivity contribution in [1.82, 2.24) is 9.80 Å². The molecule has 3 aliphatic heterocycles. The Morgan fingerprint density at radius 3 is 2.73 bits per heavy atom. The summed E-state index contributed by atoms with van der Waals surface area (Å²) in [6.07, 6.45) is 1.71. The van der Waals surface area contributed by atoms with Crippen molar-refractivity contribution in [2.45, 2.75) is 31.5 Å². The first-order chi connectivity index (χ1) is 14.1. The molecule has 5 nitrogen and oxygen atoms in total. The molecule has 0 N–H and O–H groups in total. The highest BCUT2D eigenvalue weighted by Crippen LogP contribution is 2.33. The minimum Gasteiger partial charge on any atom is -0.486 e. The summed E-state index contributed by atoms with van der Waals surface area (Å²) in [6.45, 7) is 2.91. The molecule has 2 aromatic carbocycles. The quantitative estimate of drug-likeness (QED) is 0.736. The molecule has 160 valence electrons. The van der Waals surface area contributed by atoms with Crippen LogP contribution in [0.2, 0.25) is 0 Å². The Balaban J connectivity index is 0.00000218. The molecule has 30 heavy (non-hydrogen) atoms. The molecule has 0 radical (unpaired) electrons. The van der Waals surface area contributed by atoms with Crippen LogP contribution in [0, 0.1) is 11.6 Å². The van der Waals surface area contributed by atoms with Crippen LogP contribution >= 0.6 is 12.4 Å². The van der Waals surface area contributed by atoms with Crippen LogP contribution in [-0.2, 0) is 6.54 Å². The van der Waals surface area contributed by atoms with Gasteiger partial charge in [-0.1, -0.05) is 12.1 Å². The molecule has 0 spiro atoms. The van der Waals surface area contributed by atoms with E-state index in [1.54, 1.807) is 4.90 Å². The number of nitrogens with zero attached hydrogens (tertiary/aromatic N) is 2. The number of carbonyl (C=O) groups is 1. The van der Waals surface area contributed by atoms with E-state index < -0.39 is 11.6 Å². The average Bonchev–Trinajstić information content (AvgIpc) is 3.08. The largest absolute Gasteiger partial charge is 0.486 e. The van der Waals surface area contributed by atoms with Crippen LogP contribution < -0.4 is 9.47 Å². The Morgan fingerprint density at radius 1 is 1.10 bits per heavy atom. The monoisotopic (exact) mass is 436 g/mol. The van der Waals surface area contributed by atoms with Gasteiger partial charge in [0.1, 0.15) is 12.7 Å². The van der Waals surface area contributed by atoms with Crippen molar-refractivity contribution in [2.75, 3.05) is 26.2 Å². The first-order valence-electron chi connectivity index (χ1n) is 9.99. The molecular formula is C22H23ClF2N2O3. The number of halogens is 3. The summed E-state index contributed by atoms with van der Waals surface area (Å²) in [5.74, 6) is -0.511. The van der Waals surface area contributed by atoms with Gasteiger partial charge in [0.25, 0.3) is 5.91 Å². The van der Waals surface area contributed by atoms with Crippen molar-refractivity contribution in [1.29, 1.82) is 0 Å². The standard InChI is InChI=1S/C22H22F2N2O3.ClH/c23-18-8-7-16-17(21(18)24)12-26(22(16)27)14-4-3-9-25(10-14)11-15-13-28-19-5-1-2-6-20(19)29-15;/h1-2,5-8,14-15H,3-4,9-13H2;1H. The maximum Gasteiger partial charge on any atom is 0.254 e. The molecule has 5 rings (SSSR count). The summed E-state index contributed by atoms with van der Waals surface area (Å²) in [5.41, 5.74) is 0.453.